The van der Waals surface area contributed by atoms with Crippen molar-refractivity contribution >= 4 is 23.4 Å². The van der Waals surface area contributed by atoms with Crippen LogP contribution >= 0.6 is 11.3 Å². The summed E-state index contributed by atoms with van der Waals surface area (Å²) in [6.07, 6.45) is 0.0681. The molecule has 0 aliphatic carbocycles. The van der Waals surface area contributed by atoms with Gasteiger partial charge in [0.25, 0.3) is 0 Å². The molecule has 22 heavy (non-hydrogen) atoms. The molecule has 1 aliphatic rings. The Morgan fingerprint density at radius 3 is 2.77 bits per heavy atom. The maximum Gasteiger partial charge on any atom is 0.411 e. The first-order valence-corrected chi connectivity index (χ1v) is 7.81. The molecular formula is C16H15NO4S. The molecule has 1 N–H and O–H groups in total. The highest BCUT2D eigenvalue weighted by Crippen LogP contribution is 2.34. The van der Waals surface area contributed by atoms with Crippen LogP contribution in [0.5, 0.6) is 0 Å². The zero-order valence-electron chi connectivity index (χ0n) is 11.8. The molecule has 0 spiro atoms. The fraction of sp³-hybridized carbons (Fsp3) is 0.250. The van der Waals surface area contributed by atoms with Crippen LogP contribution in [0.4, 0.5) is 4.79 Å². The minimum atomic E-state index is -1.03. The predicted octanol–water partition coefficient (Wildman–Crippen LogP) is 3.07. The lowest BCUT2D eigenvalue weighted by molar-refractivity contribution is -0.143. The summed E-state index contributed by atoms with van der Waals surface area (Å²) in [6.45, 7) is 0.494. The molecule has 3 rings (SSSR count). The third kappa shape index (κ3) is 2.82. The Hall–Kier alpha value is -2.34. The number of carbonyl (C=O) groups excluding carboxylic acids is 1. The molecular weight excluding hydrogens is 302 g/mol. The van der Waals surface area contributed by atoms with Gasteiger partial charge in [0, 0.05) is 11.4 Å². The van der Waals surface area contributed by atoms with Gasteiger partial charge in [-0.3, -0.25) is 4.90 Å². The lowest BCUT2D eigenvalue weighted by Gasteiger charge is -2.32. The van der Waals surface area contributed by atoms with Crippen molar-refractivity contribution in [2.75, 3.05) is 6.54 Å². The molecule has 6 heteroatoms. The van der Waals surface area contributed by atoms with Gasteiger partial charge >= 0.3 is 12.1 Å². The van der Waals surface area contributed by atoms with Gasteiger partial charge in [0.2, 0.25) is 0 Å². The molecule has 1 unspecified atom stereocenters. The van der Waals surface area contributed by atoms with Crippen LogP contribution in [0.1, 0.15) is 22.0 Å². The minimum absolute atomic E-state index is 0.139. The second-order valence-corrected chi connectivity index (χ2v) is 5.98. The van der Waals surface area contributed by atoms with Crippen molar-refractivity contribution < 1.29 is 19.4 Å². The van der Waals surface area contributed by atoms with Crippen LogP contribution in [0.15, 0.2) is 41.8 Å². The Kier molecular flexibility index (Phi) is 4.11. The molecule has 1 atom stereocenters. The molecule has 2 heterocycles. The number of rotatable bonds is 3. The lowest BCUT2D eigenvalue weighted by Crippen LogP contribution is -2.43. The predicted molar refractivity (Wildman–Crippen MR) is 81.7 cm³/mol. The number of aliphatic carboxylic acids is 1. The second kappa shape index (κ2) is 6.19. The van der Waals surface area contributed by atoms with Gasteiger partial charge in [-0.15, -0.1) is 11.3 Å². The first-order valence-electron chi connectivity index (χ1n) is 6.93. The quantitative estimate of drug-likeness (QED) is 0.945. The van der Waals surface area contributed by atoms with Crippen molar-refractivity contribution in [3.8, 4) is 0 Å². The fourth-order valence-corrected chi connectivity index (χ4v) is 3.61. The van der Waals surface area contributed by atoms with Gasteiger partial charge in [-0.1, -0.05) is 30.3 Å². The van der Waals surface area contributed by atoms with E-state index in [1.54, 1.807) is 0 Å². The second-order valence-electron chi connectivity index (χ2n) is 5.03. The Morgan fingerprint density at radius 1 is 1.27 bits per heavy atom. The van der Waals surface area contributed by atoms with Crippen LogP contribution in [0.2, 0.25) is 0 Å². The van der Waals surface area contributed by atoms with Gasteiger partial charge in [0.05, 0.1) is 0 Å². The van der Waals surface area contributed by atoms with E-state index in [-0.39, 0.29) is 6.61 Å². The number of ether oxygens (including phenoxy) is 1. The van der Waals surface area contributed by atoms with Crippen molar-refractivity contribution in [2.45, 2.75) is 19.1 Å². The highest BCUT2D eigenvalue weighted by Gasteiger charge is 2.37. The molecule has 1 aliphatic heterocycles. The molecule has 2 aromatic rings. The summed E-state index contributed by atoms with van der Waals surface area (Å²) in [4.78, 5) is 25.8. The minimum Gasteiger partial charge on any atom is -0.479 e. The van der Waals surface area contributed by atoms with Crippen molar-refractivity contribution in [3.63, 3.8) is 0 Å². The Labute approximate surface area is 131 Å². The molecule has 0 saturated heterocycles. The first kappa shape index (κ1) is 14.6. The summed E-state index contributed by atoms with van der Waals surface area (Å²) in [6, 6.07) is 10.3. The van der Waals surface area contributed by atoms with Gasteiger partial charge in [-0.05, 0) is 29.0 Å². The SMILES string of the molecule is O=C(O)C1c2sccc2CCN1C(=O)OCc1ccccc1. The third-order valence-electron chi connectivity index (χ3n) is 3.64. The number of fused-ring (bicyclic) bond motifs is 1. The van der Waals surface area contributed by atoms with Crippen LogP contribution in [0.25, 0.3) is 0 Å². The molecule has 0 fully saturated rings. The standard InChI is InChI=1S/C16H15NO4S/c18-15(19)13-14-12(7-9-22-14)6-8-17(13)16(20)21-10-11-4-2-1-3-5-11/h1-5,7,9,13H,6,8,10H2,(H,18,19). The molecule has 0 saturated carbocycles. The summed E-state index contributed by atoms with van der Waals surface area (Å²) in [7, 11) is 0. The number of hydrogen-bond acceptors (Lipinski definition) is 4. The highest BCUT2D eigenvalue weighted by atomic mass is 32.1. The molecule has 114 valence electrons. The largest absolute Gasteiger partial charge is 0.479 e. The smallest absolute Gasteiger partial charge is 0.411 e. The van der Waals surface area contributed by atoms with Crippen molar-refractivity contribution in [1.29, 1.82) is 0 Å². The van der Waals surface area contributed by atoms with E-state index in [0.29, 0.717) is 13.0 Å². The summed E-state index contributed by atoms with van der Waals surface area (Å²) in [5.41, 5.74) is 1.88. The van der Waals surface area contributed by atoms with Gasteiger partial charge in [0.15, 0.2) is 6.04 Å². The summed E-state index contributed by atoms with van der Waals surface area (Å²) in [5, 5.41) is 11.3. The third-order valence-corrected chi connectivity index (χ3v) is 4.65. The Bertz CT molecular complexity index is 682. The number of thiophene rings is 1. The average Bonchev–Trinajstić information content (AvgIpc) is 3.00. The van der Waals surface area contributed by atoms with E-state index < -0.39 is 18.1 Å². The topological polar surface area (TPSA) is 66.8 Å². The number of carbonyl (C=O) groups is 2. The molecule has 1 aromatic carbocycles. The molecule has 1 amide bonds. The molecule has 0 bridgehead atoms. The zero-order chi connectivity index (χ0) is 15.5. The first-order chi connectivity index (χ1) is 10.7. The van der Waals surface area contributed by atoms with Crippen molar-refractivity contribution in [2.24, 2.45) is 0 Å². The van der Waals surface area contributed by atoms with Gasteiger partial charge in [-0.25, -0.2) is 9.59 Å². The Morgan fingerprint density at radius 2 is 2.05 bits per heavy atom. The van der Waals surface area contributed by atoms with Gasteiger partial charge in [0.1, 0.15) is 6.61 Å². The van der Waals surface area contributed by atoms with E-state index in [1.165, 1.54) is 16.2 Å². The maximum absolute atomic E-state index is 12.3. The van der Waals surface area contributed by atoms with Crippen molar-refractivity contribution in [3.05, 3.63) is 57.8 Å². The summed E-state index contributed by atoms with van der Waals surface area (Å²) >= 11 is 1.37. The lowest BCUT2D eigenvalue weighted by atomic mass is 10.0. The number of carboxylic acids is 1. The fourth-order valence-electron chi connectivity index (χ4n) is 2.55. The molecule has 1 aromatic heterocycles. The summed E-state index contributed by atoms with van der Waals surface area (Å²) in [5.74, 6) is -1.03. The number of benzene rings is 1. The van der Waals surface area contributed by atoms with Crippen LogP contribution in [0, 0.1) is 0 Å². The maximum atomic E-state index is 12.3. The van der Waals surface area contributed by atoms with Gasteiger partial charge in [-0.2, -0.15) is 0 Å². The highest BCUT2D eigenvalue weighted by molar-refractivity contribution is 7.10. The van der Waals surface area contributed by atoms with E-state index in [4.69, 9.17) is 4.74 Å². The number of carboxylic acid groups (broad SMARTS) is 1. The normalized spacial score (nSPS) is 16.9. The number of nitrogens with zero attached hydrogens (tertiary/aromatic N) is 1. The van der Waals surface area contributed by atoms with E-state index in [2.05, 4.69) is 0 Å². The van der Waals surface area contributed by atoms with E-state index in [1.807, 2.05) is 41.8 Å². The van der Waals surface area contributed by atoms with E-state index in [9.17, 15) is 14.7 Å². The van der Waals surface area contributed by atoms with E-state index in [0.717, 1.165) is 16.0 Å². The van der Waals surface area contributed by atoms with Crippen LogP contribution in [-0.2, 0) is 22.6 Å². The van der Waals surface area contributed by atoms with Crippen LogP contribution < -0.4 is 0 Å². The number of amides is 1. The zero-order valence-corrected chi connectivity index (χ0v) is 12.6. The molecule has 5 nitrogen and oxygen atoms in total. The van der Waals surface area contributed by atoms with Crippen molar-refractivity contribution in [1.82, 2.24) is 4.90 Å². The van der Waals surface area contributed by atoms with Crippen LogP contribution in [-0.4, -0.2) is 28.6 Å². The monoisotopic (exact) mass is 317 g/mol. The van der Waals surface area contributed by atoms with E-state index >= 15 is 0 Å². The average molecular weight is 317 g/mol. The Balaban J connectivity index is 1.73. The van der Waals surface area contributed by atoms with Gasteiger partial charge < -0.3 is 9.84 Å². The summed E-state index contributed by atoms with van der Waals surface area (Å²) < 4.78 is 5.27. The van der Waals surface area contributed by atoms with Crippen LogP contribution in [0.3, 0.4) is 0 Å². The molecule has 0 radical (unpaired) electrons. The number of hydrogen-bond donors (Lipinski definition) is 1.